The molecular formula is C11H13ClIN. The quantitative estimate of drug-likeness (QED) is 0.708. The Morgan fingerprint density at radius 2 is 1.86 bits per heavy atom. The molecule has 1 heterocycles. The van der Waals surface area contributed by atoms with Crippen molar-refractivity contribution in [1.29, 1.82) is 0 Å². The molecule has 1 aliphatic rings. The number of hydrogen-bond acceptors (Lipinski definition) is 1. The Labute approximate surface area is 104 Å². The maximum absolute atomic E-state index is 6.22. The molecule has 1 saturated heterocycles. The summed E-state index contributed by atoms with van der Waals surface area (Å²) in [4.78, 5) is 2.41. The number of benzene rings is 1. The van der Waals surface area contributed by atoms with Crippen LogP contribution in [-0.2, 0) is 0 Å². The average molecular weight is 322 g/mol. The zero-order valence-corrected chi connectivity index (χ0v) is 10.9. The van der Waals surface area contributed by atoms with Gasteiger partial charge in [-0.25, -0.2) is 0 Å². The zero-order chi connectivity index (χ0) is 9.97. The summed E-state index contributed by atoms with van der Waals surface area (Å²) >= 11 is 8.58. The third-order valence-corrected chi connectivity index (χ3v) is 3.79. The summed E-state index contributed by atoms with van der Waals surface area (Å²) in [5.74, 6) is 0. The molecule has 2 rings (SSSR count). The molecular weight excluding hydrogens is 308 g/mol. The van der Waals surface area contributed by atoms with E-state index in [0.29, 0.717) is 0 Å². The first-order chi connectivity index (χ1) is 6.79. The second-order valence-electron chi connectivity index (χ2n) is 3.62. The Kier molecular flexibility index (Phi) is 3.55. The lowest BCUT2D eigenvalue weighted by molar-refractivity contribution is 0.577. The van der Waals surface area contributed by atoms with Gasteiger partial charge in [0, 0.05) is 16.7 Å². The van der Waals surface area contributed by atoms with Crippen LogP contribution < -0.4 is 4.90 Å². The first-order valence-corrected chi connectivity index (χ1v) is 6.43. The summed E-state index contributed by atoms with van der Waals surface area (Å²) in [5, 5.41) is 0.888. The molecule has 76 valence electrons. The van der Waals surface area contributed by atoms with E-state index >= 15 is 0 Å². The van der Waals surface area contributed by atoms with Crippen LogP contribution >= 0.6 is 34.2 Å². The highest BCUT2D eigenvalue weighted by atomic mass is 127. The summed E-state index contributed by atoms with van der Waals surface area (Å²) in [7, 11) is 0. The third-order valence-electron chi connectivity index (χ3n) is 2.61. The van der Waals surface area contributed by atoms with Crippen molar-refractivity contribution in [2.45, 2.75) is 19.3 Å². The van der Waals surface area contributed by atoms with Crippen LogP contribution in [0.2, 0.25) is 5.02 Å². The molecule has 1 aliphatic heterocycles. The van der Waals surface area contributed by atoms with E-state index in [2.05, 4.69) is 33.6 Å². The first-order valence-electron chi connectivity index (χ1n) is 4.98. The van der Waals surface area contributed by atoms with Crippen molar-refractivity contribution in [3.8, 4) is 0 Å². The monoisotopic (exact) mass is 321 g/mol. The van der Waals surface area contributed by atoms with Crippen LogP contribution in [0.1, 0.15) is 19.3 Å². The molecule has 0 radical (unpaired) electrons. The lowest BCUT2D eigenvalue weighted by Crippen LogP contribution is -2.30. The predicted octanol–water partition coefficient (Wildman–Crippen LogP) is 3.93. The highest BCUT2D eigenvalue weighted by Gasteiger charge is 2.15. The number of nitrogens with zero attached hydrogens (tertiary/aromatic N) is 1. The molecule has 1 aromatic rings. The number of para-hydroxylation sites is 1. The summed E-state index contributed by atoms with van der Waals surface area (Å²) in [6.45, 7) is 2.31. The van der Waals surface area contributed by atoms with Crippen LogP contribution in [0.25, 0.3) is 0 Å². The topological polar surface area (TPSA) is 3.24 Å². The van der Waals surface area contributed by atoms with Crippen LogP contribution in [0.4, 0.5) is 5.69 Å². The summed E-state index contributed by atoms with van der Waals surface area (Å²) in [6, 6.07) is 6.11. The van der Waals surface area contributed by atoms with Gasteiger partial charge >= 0.3 is 0 Å². The molecule has 1 aromatic carbocycles. The van der Waals surface area contributed by atoms with E-state index in [9.17, 15) is 0 Å². The molecule has 0 unspecified atom stereocenters. The van der Waals surface area contributed by atoms with E-state index < -0.39 is 0 Å². The molecule has 1 fully saturated rings. The molecule has 1 nitrogen and oxygen atoms in total. The maximum Gasteiger partial charge on any atom is 0.0691 e. The third kappa shape index (κ3) is 2.16. The van der Waals surface area contributed by atoms with Gasteiger partial charge in [-0.05, 0) is 54.0 Å². The van der Waals surface area contributed by atoms with Crippen molar-refractivity contribution in [2.75, 3.05) is 18.0 Å². The minimum Gasteiger partial charge on any atom is -0.369 e. The van der Waals surface area contributed by atoms with Gasteiger partial charge in [0.1, 0.15) is 0 Å². The Hall–Kier alpha value is 0.0400. The molecule has 0 amide bonds. The molecule has 0 aliphatic carbocycles. The van der Waals surface area contributed by atoms with Gasteiger partial charge in [-0.2, -0.15) is 0 Å². The Morgan fingerprint density at radius 1 is 1.14 bits per heavy atom. The second kappa shape index (κ2) is 4.71. The Morgan fingerprint density at radius 3 is 2.50 bits per heavy atom. The summed E-state index contributed by atoms with van der Waals surface area (Å²) in [6.07, 6.45) is 3.94. The molecule has 0 bridgehead atoms. The fraction of sp³-hybridized carbons (Fsp3) is 0.455. The van der Waals surface area contributed by atoms with Crippen LogP contribution in [-0.4, -0.2) is 13.1 Å². The second-order valence-corrected chi connectivity index (χ2v) is 5.19. The van der Waals surface area contributed by atoms with Gasteiger partial charge in [0.15, 0.2) is 0 Å². The molecule has 0 saturated carbocycles. The fourth-order valence-electron chi connectivity index (χ4n) is 1.91. The standard InChI is InChI=1S/C11H13ClIN/c12-9-5-4-6-10(13)11(9)14-7-2-1-3-8-14/h4-6H,1-3,7-8H2. The minimum absolute atomic E-state index is 0.888. The van der Waals surface area contributed by atoms with E-state index in [4.69, 9.17) is 11.6 Å². The lowest BCUT2D eigenvalue weighted by atomic mass is 10.1. The maximum atomic E-state index is 6.22. The van der Waals surface area contributed by atoms with Gasteiger partial charge in [-0.15, -0.1) is 0 Å². The fourth-order valence-corrected chi connectivity index (χ4v) is 3.20. The SMILES string of the molecule is Clc1cccc(I)c1N1CCCCC1. The molecule has 0 aromatic heterocycles. The van der Waals surface area contributed by atoms with Gasteiger partial charge in [-0.3, -0.25) is 0 Å². The highest BCUT2D eigenvalue weighted by molar-refractivity contribution is 14.1. The molecule has 0 N–H and O–H groups in total. The van der Waals surface area contributed by atoms with Crippen molar-refractivity contribution >= 4 is 39.9 Å². The van der Waals surface area contributed by atoms with E-state index in [1.54, 1.807) is 0 Å². The average Bonchev–Trinajstić information content (AvgIpc) is 2.19. The van der Waals surface area contributed by atoms with Gasteiger partial charge in [0.2, 0.25) is 0 Å². The molecule has 0 spiro atoms. The van der Waals surface area contributed by atoms with Crippen molar-refractivity contribution in [3.63, 3.8) is 0 Å². The van der Waals surface area contributed by atoms with Gasteiger partial charge in [0.05, 0.1) is 10.7 Å². The van der Waals surface area contributed by atoms with E-state index in [1.807, 2.05) is 12.1 Å². The first kappa shape index (κ1) is 10.6. The number of piperidine rings is 1. The van der Waals surface area contributed by atoms with Crippen molar-refractivity contribution in [3.05, 3.63) is 26.8 Å². The Bertz CT molecular complexity index is 301. The van der Waals surface area contributed by atoms with Gasteiger partial charge in [-0.1, -0.05) is 17.7 Å². The lowest BCUT2D eigenvalue weighted by Gasteiger charge is -2.30. The number of rotatable bonds is 1. The molecule has 14 heavy (non-hydrogen) atoms. The van der Waals surface area contributed by atoms with Crippen molar-refractivity contribution in [1.82, 2.24) is 0 Å². The number of anilines is 1. The predicted molar refractivity (Wildman–Crippen MR) is 70.2 cm³/mol. The summed E-state index contributed by atoms with van der Waals surface area (Å²) < 4.78 is 1.26. The van der Waals surface area contributed by atoms with E-state index in [1.165, 1.54) is 28.5 Å². The smallest absolute Gasteiger partial charge is 0.0691 e. The molecule has 0 atom stereocenters. The highest BCUT2D eigenvalue weighted by Crippen LogP contribution is 2.32. The number of hydrogen-bond donors (Lipinski definition) is 0. The Balaban J connectivity index is 2.29. The van der Waals surface area contributed by atoms with Crippen LogP contribution in [0, 0.1) is 3.57 Å². The van der Waals surface area contributed by atoms with Gasteiger partial charge < -0.3 is 4.90 Å². The zero-order valence-electron chi connectivity index (χ0n) is 7.97. The number of halogens is 2. The minimum atomic E-state index is 0.888. The van der Waals surface area contributed by atoms with Crippen LogP contribution in [0.3, 0.4) is 0 Å². The molecule has 3 heteroatoms. The van der Waals surface area contributed by atoms with E-state index in [-0.39, 0.29) is 0 Å². The van der Waals surface area contributed by atoms with Crippen LogP contribution in [0.5, 0.6) is 0 Å². The van der Waals surface area contributed by atoms with Gasteiger partial charge in [0.25, 0.3) is 0 Å². The largest absolute Gasteiger partial charge is 0.369 e. The van der Waals surface area contributed by atoms with Crippen molar-refractivity contribution in [2.24, 2.45) is 0 Å². The van der Waals surface area contributed by atoms with E-state index in [0.717, 1.165) is 18.1 Å². The summed E-state index contributed by atoms with van der Waals surface area (Å²) in [5.41, 5.74) is 1.23. The van der Waals surface area contributed by atoms with Crippen molar-refractivity contribution < 1.29 is 0 Å². The van der Waals surface area contributed by atoms with Crippen LogP contribution in [0.15, 0.2) is 18.2 Å². The normalized spacial score (nSPS) is 17.1.